The summed E-state index contributed by atoms with van der Waals surface area (Å²) in [5, 5.41) is 1.03. The molecule has 4 heteroatoms. The van der Waals surface area contributed by atoms with Gasteiger partial charge in [-0.1, -0.05) is 6.07 Å². The highest BCUT2D eigenvalue weighted by molar-refractivity contribution is 5.98. The predicted molar refractivity (Wildman–Crippen MR) is 84.8 cm³/mol. The van der Waals surface area contributed by atoms with Crippen LogP contribution in [-0.2, 0) is 4.74 Å². The normalized spacial score (nSPS) is 22.0. The van der Waals surface area contributed by atoms with E-state index in [2.05, 4.69) is 4.98 Å². The van der Waals surface area contributed by atoms with Crippen LogP contribution >= 0.6 is 0 Å². The van der Waals surface area contributed by atoms with Crippen LogP contribution in [0.5, 0.6) is 0 Å². The highest BCUT2D eigenvalue weighted by Crippen LogP contribution is 2.31. The molecule has 2 saturated heterocycles. The Morgan fingerprint density at radius 3 is 2.86 bits per heavy atom. The fourth-order valence-electron chi connectivity index (χ4n) is 3.44. The number of aromatic nitrogens is 1. The number of fused-ring (bicyclic) bond motifs is 1. The number of carbonyl (C=O) groups excluding carboxylic acids is 1. The van der Waals surface area contributed by atoms with Gasteiger partial charge in [0.2, 0.25) is 0 Å². The van der Waals surface area contributed by atoms with Crippen LogP contribution in [0.1, 0.15) is 22.5 Å². The van der Waals surface area contributed by atoms with Crippen molar-refractivity contribution in [2.75, 3.05) is 26.3 Å². The summed E-state index contributed by atoms with van der Waals surface area (Å²) in [6, 6.07) is 9.80. The Balaban J connectivity index is 1.48. The van der Waals surface area contributed by atoms with E-state index in [0.29, 0.717) is 11.8 Å². The maximum Gasteiger partial charge on any atom is 0.253 e. The Morgan fingerprint density at radius 2 is 2.09 bits per heavy atom. The van der Waals surface area contributed by atoms with Crippen LogP contribution in [0, 0.1) is 18.8 Å². The summed E-state index contributed by atoms with van der Waals surface area (Å²) in [6.07, 6.45) is 1.15. The van der Waals surface area contributed by atoms with E-state index in [1.54, 1.807) is 0 Å². The van der Waals surface area contributed by atoms with Crippen LogP contribution in [0.15, 0.2) is 30.3 Å². The first-order valence-electron chi connectivity index (χ1n) is 7.95. The maximum absolute atomic E-state index is 12.6. The van der Waals surface area contributed by atoms with Gasteiger partial charge in [0.05, 0.1) is 5.52 Å². The second-order valence-corrected chi connectivity index (χ2v) is 6.45. The molecule has 1 aromatic heterocycles. The van der Waals surface area contributed by atoms with Crippen molar-refractivity contribution in [3.8, 4) is 0 Å². The molecule has 0 radical (unpaired) electrons. The van der Waals surface area contributed by atoms with Gasteiger partial charge < -0.3 is 9.64 Å². The number of carbonyl (C=O) groups is 1. The maximum atomic E-state index is 12.6. The number of rotatable bonds is 2. The van der Waals surface area contributed by atoms with Crippen molar-refractivity contribution in [2.24, 2.45) is 11.8 Å². The van der Waals surface area contributed by atoms with E-state index in [-0.39, 0.29) is 5.91 Å². The number of pyridine rings is 1. The molecule has 1 atom stereocenters. The lowest BCUT2D eigenvalue weighted by Crippen LogP contribution is -2.52. The molecule has 114 valence electrons. The molecule has 0 bridgehead atoms. The molecule has 0 spiro atoms. The van der Waals surface area contributed by atoms with Crippen LogP contribution in [0.4, 0.5) is 0 Å². The molecule has 0 aliphatic carbocycles. The van der Waals surface area contributed by atoms with Gasteiger partial charge in [0.15, 0.2) is 0 Å². The highest BCUT2D eigenvalue weighted by atomic mass is 16.5. The summed E-state index contributed by atoms with van der Waals surface area (Å²) < 4.78 is 5.44. The van der Waals surface area contributed by atoms with Crippen molar-refractivity contribution in [1.29, 1.82) is 0 Å². The minimum absolute atomic E-state index is 0.137. The minimum Gasteiger partial charge on any atom is -0.381 e. The summed E-state index contributed by atoms with van der Waals surface area (Å²) in [4.78, 5) is 19.0. The van der Waals surface area contributed by atoms with Crippen LogP contribution < -0.4 is 0 Å². The third kappa shape index (κ3) is 2.37. The molecular formula is C18H20N2O2. The molecule has 2 aromatic rings. The Labute approximate surface area is 130 Å². The smallest absolute Gasteiger partial charge is 0.253 e. The highest BCUT2D eigenvalue weighted by Gasteiger charge is 2.37. The van der Waals surface area contributed by atoms with E-state index < -0.39 is 0 Å². The Bertz CT molecular complexity index is 716. The van der Waals surface area contributed by atoms with Crippen LogP contribution in [0.25, 0.3) is 10.9 Å². The molecule has 2 aliphatic heterocycles. The quantitative estimate of drug-likeness (QED) is 0.855. The predicted octanol–water partition coefficient (Wildman–Crippen LogP) is 2.65. The van der Waals surface area contributed by atoms with E-state index >= 15 is 0 Å². The fraction of sp³-hybridized carbons (Fsp3) is 0.444. The first-order valence-corrected chi connectivity index (χ1v) is 7.95. The lowest BCUT2D eigenvalue weighted by atomic mass is 9.85. The van der Waals surface area contributed by atoms with E-state index in [9.17, 15) is 4.79 Å². The first kappa shape index (κ1) is 13.7. The molecule has 1 unspecified atom stereocenters. The number of nitrogens with zero attached hydrogens (tertiary/aromatic N) is 2. The molecule has 2 fully saturated rings. The van der Waals surface area contributed by atoms with Crippen molar-refractivity contribution in [3.05, 3.63) is 41.6 Å². The number of hydrogen-bond donors (Lipinski definition) is 0. The lowest BCUT2D eigenvalue weighted by Gasteiger charge is -2.42. The molecule has 0 saturated carbocycles. The van der Waals surface area contributed by atoms with Crippen LogP contribution in [0.2, 0.25) is 0 Å². The topological polar surface area (TPSA) is 42.4 Å². The van der Waals surface area contributed by atoms with Gasteiger partial charge in [-0.15, -0.1) is 0 Å². The zero-order chi connectivity index (χ0) is 15.1. The van der Waals surface area contributed by atoms with Gasteiger partial charge in [0.25, 0.3) is 5.91 Å². The number of amides is 1. The summed E-state index contributed by atoms with van der Waals surface area (Å²) in [7, 11) is 0. The monoisotopic (exact) mass is 296 g/mol. The molecular weight excluding hydrogens is 276 g/mol. The molecule has 4 nitrogen and oxygen atoms in total. The summed E-state index contributed by atoms with van der Waals surface area (Å²) in [5.74, 6) is 1.40. The fourth-order valence-corrected chi connectivity index (χ4v) is 3.44. The number of likely N-dealkylation sites (tertiary alicyclic amines) is 1. The summed E-state index contributed by atoms with van der Waals surface area (Å²) in [6.45, 7) is 5.47. The number of benzene rings is 1. The number of ether oxygens (including phenoxy) is 1. The zero-order valence-electron chi connectivity index (χ0n) is 12.8. The van der Waals surface area contributed by atoms with Gasteiger partial charge in [-0.2, -0.15) is 0 Å². The molecule has 2 aliphatic rings. The Kier molecular flexibility index (Phi) is 3.34. The Hall–Kier alpha value is -1.94. The van der Waals surface area contributed by atoms with Gasteiger partial charge in [-0.25, -0.2) is 0 Å². The third-order valence-electron chi connectivity index (χ3n) is 4.90. The lowest BCUT2D eigenvalue weighted by molar-refractivity contribution is 0.0342. The SMILES string of the molecule is Cc1ccc2cc(C(=O)N3CC(C4CCOC4)C3)ccc2n1. The molecule has 22 heavy (non-hydrogen) atoms. The van der Waals surface area contributed by atoms with Crippen molar-refractivity contribution >= 4 is 16.8 Å². The van der Waals surface area contributed by atoms with Gasteiger partial charge in [-0.3, -0.25) is 9.78 Å². The van der Waals surface area contributed by atoms with Gasteiger partial charge in [-0.05, 0) is 49.4 Å². The van der Waals surface area contributed by atoms with E-state index in [0.717, 1.165) is 54.9 Å². The molecule has 3 heterocycles. The average Bonchev–Trinajstić information content (AvgIpc) is 2.99. The second kappa shape index (κ2) is 5.36. The zero-order valence-corrected chi connectivity index (χ0v) is 12.8. The third-order valence-corrected chi connectivity index (χ3v) is 4.90. The summed E-state index contributed by atoms with van der Waals surface area (Å²) in [5.41, 5.74) is 2.70. The molecule has 1 amide bonds. The molecule has 0 N–H and O–H groups in total. The summed E-state index contributed by atoms with van der Waals surface area (Å²) >= 11 is 0. The van der Waals surface area contributed by atoms with Gasteiger partial charge >= 0.3 is 0 Å². The van der Waals surface area contributed by atoms with E-state index in [1.165, 1.54) is 0 Å². The minimum atomic E-state index is 0.137. The van der Waals surface area contributed by atoms with Crippen molar-refractivity contribution in [1.82, 2.24) is 9.88 Å². The number of hydrogen-bond acceptors (Lipinski definition) is 3. The number of aryl methyl sites for hydroxylation is 1. The van der Waals surface area contributed by atoms with E-state index in [4.69, 9.17) is 4.74 Å². The molecule has 1 aromatic carbocycles. The van der Waals surface area contributed by atoms with Gasteiger partial charge in [0, 0.05) is 42.9 Å². The first-order chi connectivity index (χ1) is 10.7. The van der Waals surface area contributed by atoms with Crippen molar-refractivity contribution in [2.45, 2.75) is 13.3 Å². The second-order valence-electron chi connectivity index (χ2n) is 6.45. The van der Waals surface area contributed by atoms with E-state index in [1.807, 2.05) is 42.2 Å². The Morgan fingerprint density at radius 1 is 1.23 bits per heavy atom. The standard InChI is InChI=1S/C18H20N2O2/c1-12-2-3-13-8-14(4-5-17(13)19-12)18(21)20-9-16(10-20)15-6-7-22-11-15/h2-5,8,15-16H,6-7,9-11H2,1H3. The molecule has 4 rings (SSSR count). The largest absolute Gasteiger partial charge is 0.381 e. The van der Waals surface area contributed by atoms with Crippen LogP contribution in [-0.4, -0.2) is 42.1 Å². The van der Waals surface area contributed by atoms with Crippen LogP contribution in [0.3, 0.4) is 0 Å². The average molecular weight is 296 g/mol. The van der Waals surface area contributed by atoms with Crippen molar-refractivity contribution in [3.63, 3.8) is 0 Å². The van der Waals surface area contributed by atoms with Gasteiger partial charge in [0.1, 0.15) is 0 Å². The van der Waals surface area contributed by atoms with Crippen molar-refractivity contribution < 1.29 is 9.53 Å².